The number of aromatic nitrogens is 1. The molecule has 0 radical (unpaired) electrons. The van der Waals surface area contributed by atoms with Gasteiger partial charge in [0.05, 0.1) is 12.1 Å². The number of amides is 2. The van der Waals surface area contributed by atoms with E-state index in [0.29, 0.717) is 43.8 Å². The number of carbonyl (C=O) groups excluding carboxylic acids is 3. The Bertz CT molecular complexity index is 891. The van der Waals surface area contributed by atoms with E-state index in [1.807, 2.05) is 30.3 Å². The van der Waals surface area contributed by atoms with Crippen LogP contribution in [0.1, 0.15) is 41.0 Å². The van der Waals surface area contributed by atoms with Crippen molar-refractivity contribution in [3.05, 3.63) is 52.5 Å². The van der Waals surface area contributed by atoms with Gasteiger partial charge in [-0.1, -0.05) is 30.3 Å². The number of nitrogens with one attached hydrogen (secondary N) is 1. The fourth-order valence-corrected chi connectivity index (χ4v) is 4.56. The monoisotopic (exact) mass is 458 g/mol. The lowest BCUT2D eigenvalue weighted by Gasteiger charge is -2.28. The molecule has 1 aliphatic heterocycles. The Kier molecular flexibility index (Phi) is 8.90. The lowest BCUT2D eigenvalue weighted by atomic mass is 10.0. The highest BCUT2D eigenvalue weighted by Gasteiger charge is 2.37. The molecular formula is C23H30N4O4S. The predicted molar refractivity (Wildman–Crippen MR) is 122 cm³/mol. The van der Waals surface area contributed by atoms with Gasteiger partial charge >= 0.3 is 0 Å². The van der Waals surface area contributed by atoms with E-state index in [1.54, 1.807) is 23.6 Å². The van der Waals surface area contributed by atoms with E-state index >= 15 is 0 Å². The molecule has 3 atom stereocenters. The minimum Gasteiger partial charge on any atom is -0.385 e. The highest BCUT2D eigenvalue weighted by molar-refractivity contribution is 7.11. The molecule has 1 saturated heterocycles. The maximum Gasteiger partial charge on any atom is 0.243 e. The van der Waals surface area contributed by atoms with E-state index in [4.69, 9.17) is 10.5 Å². The normalized spacial score (nSPS) is 17.7. The third kappa shape index (κ3) is 6.21. The molecule has 0 aliphatic carbocycles. The van der Waals surface area contributed by atoms with Crippen molar-refractivity contribution >= 4 is 28.9 Å². The second-order valence-electron chi connectivity index (χ2n) is 7.88. The molecule has 32 heavy (non-hydrogen) atoms. The molecule has 1 aromatic heterocycles. The number of carbonyl (C=O) groups is 3. The Balaban J connectivity index is 1.65. The van der Waals surface area contributed by atoms with E-state index < -0.39 is 18.1 Å². The first-order valence-electron chi connectivity index (χ1n) is 10.8. The van der Waals surface area contributed by atoms with Crippen LogP contribution in [0.4, 0.5) is 0 Å². The lowest BCUT2D eigenvalue weighted by Crippen LogP contribution is -2.54. The van der Waals surface area contributed by atoms with Gasteiger partial charge in [-0.3, -0.25) is 14.4 Å². The molecule has 0 bridgehead atoms. The van der Waals surface area contributed by atoms with Crippen molar-refractivity contribution in [3.8, 4) is 0 Å². The highest BCUT2D eigenvalue weighted by atomic mass is 32.1. The second kappa shape index (κ2) is 11.8. The van der Waals surface area contributed by atoms with Crippen LogP contribution in [0.3, 0.4) is 0 Å². The van der Waals surface area contributed by atoms with E-state index in [-0.39, 0.29) is 17.6 Å². The van der Waals surface area contributed by atoms with Crippen molar-refractivity contribution in [3.63, 3.8) is 0 Å². The third-order valence-electron chi connectivity index (χ3n) is 5.57. The number of Topliss-reactive ketones (excluding diaryl/α,β-unsaturated/α-hetero) is 1. The fraction of sp³-hybridized carbons (Fsp3) is 0.478. The molecular weight excluding hydrogens is 428 g/mol. The van der Waals surface area contributed by atoms with Crippen molar-refractivity contribution < 1.29 is 19.1 Å². The van der Waals surface area contributed by atoms with Crippen molar-refractivity contribution in [2.24, 2.45) is 5.73 Å². The molecule has 0 spiro atoms. The summed E-state index contributed by atoms with van der Waals surface area (Å²) in [5.41, 5.74) is 7.16. The average Bonchev–Trinajstić information content (AvgIpc) is 3.50. The summed E-state index contributed by atoms with van der Waals surface area (Å²) in [5.74, 6) is -0.787. The summed E-state index contributed by atoms with van der Waals surface area (Å²) in [6.45, 7) is 0.966. The number of nitrogens with zero attached hydrogens (tertiary/aromatic N) is 2. The van der Waals surface area contributed by atoms with Crippen LogP contribution in [0.15, 0.2) is 41.9 Å². The fourth-order valence-electron chi connectivity index (χ4n) is 3.93. The van der Waals surface area contributed by atoms with Crippen molar-refractivity contribution in [2.75, 3.05) is 20.3 Å². The average molecular weight is 459 g/mol. The Morgan fingerprint density at radius 1 is 1.31 bits per heavy atom. The zero-order valence-electron chi connectivity index (χ0n) is 18.2. The number of rotatable bonds is 11. The summed E-state index contributed by atoms with van der Waals surface area (Å²) >= 11 is 1.24. The maximum absolute atomic E-state index is 13.1. The van der Waals surface area contributed by atoms with Gasteiger partial charge in [0, 0.05) is 31.8 Å². The molecule has 3 N–H and O–H groups in total. The molecule has 3 rings (SSSR count). The van der Waals surface area contributed by atoms with Crippen LogP contribution in [0, 0.1) is 0 Å². The van der Waals surface area contributed by atoms with Crippen LogP contribution in [0.2, 0.25) is 0 Å². The first kappa shape index (κ1) is 24.0. The predicted octanol–water partition coefficient (Wildman–Crippen LogP) is 1.80. The number of benzene rings is 1. The zero-order chi connectivity index (χ0) is 22.9. The van der Waals surface area contributed by atoms with Crippen LogP contribution in [0.25, 0.3) is 0 Å². The molecule has 8 nitrogen and oxygen atoms in total. The molecule has 0 saturated carbocycles. The second-order valence-corrected chi connectivity index (χ2v) is 8.78. The topological polar surface area (TPSA) is 115 Å². The molecule has 1 aliphatic rings. The van der Waals surface area contributed by atoms with Gasteiger partial charge in [-0.25, -0.2) is 4.98 Å². The summed E-state index contributed by atoms with van der Waals surface area (Å²) in [6, 6.07) is 7.52. The number of likely N-dealkylation sites (tertiary alicyclic amines) is 1. The van der Waals surface area contributed by atoms with Gasteiger partial charge in [-0.05, 0) is 37.7 Å². The Morgan fingerprint density at radius 2 is 2.09 bits per heavy atom. The maximum atomic E-state index is 13.1. The van der Waals surface area contributed by atoms with Crippen LogP contribution in [-0.2, 0) is 20.7 Å². The van der Waals surface area contributed by atoms with Crippen LogP contribution in [-0.4, -0.2) is 65.9 Å². The first-order valence-corrected chi connectivity index (χ1v) is 11.7. The number of nitrogens with two attached hydrogens (primary N) is 1. The van der Waals surface area contributed by atoms with Gasteiger partial charge in [0.1, 0.15) is 6.04 Å². The smallest absolute Gasteiger partial charge is 0.243 e. The van der Waals surface area contributed by atoms with E-state index in [9.17, 15) is 14.4 Å². The Labute approximate surface area is 192 Å². The summed E-state index contributed by atoms with van der Waals surface area (Å²) in [5, 5.41) is 4.95. The van der Waals surface area contributed by atoms with Gasteiger partial charge < -0.3 is 20.7 Å². The van der Waals surface area contributed by atoms with Gasteiger partial charge in [-0.2, -0.15) is 0 Å². The number of hydrogen-bond acceptors (Lipinski definition) is 7. The molecule has 172 valence electrons. The molecule has 9 heteroatoms. The third-order valence-corrected chi connectivity index (χ3v) is 6.36. The number of ether oxygens (including phenoxy) is 1. The number of ketones is 1. The number of hydrogen-bond donors (Lipinski definition) is 2. The van der Waals surface area contributed by atoms with Gasteiger partial charge in [0.25, 0.3) is 0 Å². The Morgan fingerprint density at radius 3 is 2.78 bits per heavy atom. The summed E-state index contributed by atoms with van der Waals surface area (Å²) in [6.07, 6.45) is 4.30. The molecule has 1 fully saturated rings. The van der Waals surface area contributed by atoms with Crippen molar-refractivity contribution in [1.29, 1.82) is 0 Å². The Hall–Kier alpha value is -2.62. The van der Waals surface area contributed by atoms with E-state index in [2.05, 4.69) is 10.3 Å². The molecule has 2 amide bonds. The molecule has 1 unspecified atom stereocenters. The van der Waals surface area contributed by atoms with Crippen LogP contribution < -0.4 is 11.1 Å². The quantitative estimate of drug-likeness (QED) is 0.392. The van der Waals surface area contributed by atoms with Gasteiger partial charge in [0.15, 0.2) is 5.01 Å². The van der Waals surface area contributed by atoms with E-state index in [1.165, 1.54) is 11.3 Å². The summed E-state index contributed by atoms with van der Waals surface area (Å²) in [4.78, 5) is 44.6. The lowest BCUT2D eigenvalue weighted by molar-refractivity contribution is -0.139. The van der Waals surface area contributed by atoms with Crippen molar-refractivity contribution in [2.45, 2.75) is 50.2 Å². The standard InChI is InChI=1S/C23H30N4O4S/c1-31-13-6-9-18(20(28)22-25-11-14-32-22)26-21(29)19-10-5-12-27(19)23(30)17(24)15-16-7-3-2-4-8-16/h2-4,7-8,11,14,17-19H,5-6,9-10,12-13,15,24H2,1H3,(H,26,29)/t17-,18?,19+/m1/s1. The molecule has 2 heterocycles. The summed E-state index contributed by atoms with van der Waals surface area (Å²) < 4.78 is 5.09. The SMILES string of the molecule is COCCCC(NC(=O)[C@@H]1CCCN1C(=O)[C@H](N)Cc1ccccc1)C(=O)c1nccs1. The van der Waals surface area contributed by atoms with Crippen LogP contribution in [0.5, 0.6) is 0 Å². The number of thiazole rings is 1. The molecule has 1 aromatic carbocycles. The minimum atomic E-state index is -0.722. The molecule has 2 aromatic rings. The first-order chi connectivity index (χ1) is 15.5. The van der Waals surface area contributed by atoms with Gasteiger partial charge in [-0.15, -0.1) is 11.3 Å². The highest BCUT2D eigenvalue weighted by Crippen LogP contribution is 2.20. The largest absolute Gasteiger partial charge is 0.385 e. The minimum absolute atomic E-state index is 0.221. The van der Waals surface area contributed by atoms with Crippen LogP contribution >= 0.6 is 11.3 Å². The summed E-state index contributed by atoms with van der Waals surface area (Å²) in [7, 11) is 1.59. The number of methoxy groups -OCH3 is 1. The zero-order valence-corrected chi connectivity index (χ0v) is 19.1. The van der Waals surface area contributed by atoms with Crippen molar-refractivity contribution in [1.82, 2.24) is 15.2 Å². The van der Waals surface area contributed by atoms with E-state index in [0.717, 1.165) is 12.0 Å². The van der Waals surface area contributed by atoms with Gasteiger partial charge in [0.2, 0.25) is 17.6 Å².